The zero-order chi connectivity index (χ0) is 13.1. The van der Waals surface area contributed by atoms with Crippen molar-refractivity contribution in [1.82, 2.24) is 4.98 Å². The fourth-order valence-electron chi connectivity index (χ4n) is 1.15. The Hall–Kier alpha value is -1.93. The van der Waals surface area contributed by atoms with Gasteiger partial charge < -0.3 is 5.11 Å². The van der Waals surface area contributed by atoms with Crippen LogP contribution in [0.25, 0.3) is 0 Å². The number of hydrogen-bond donors (Lipinski definition) is 1. The van der Waals surface area contributed by atoms with Crippen molar-refractivity contribution in [1.29, 1.82) is 0 Å². The summed E-state index contributed by atoms with van der Waals surface area (Å²) in [5.74, 6) is -0.969. The molecule has 0 aliphatic rings. The van der Waals surface area contributed by atoms with Crippen LogP contribution in [-0.2, 0) is 0 Å². The number of pyridine rings is 1. The third kappa shape index (κ3) is 2.84. The summed E-state index contributed by atoms with van der Waals surface area (Å²) in [5, 5.41) is 21.5. The van der Waals surface area contributed by atoms with Crippen LogP contribution in [0.5, 0.6) is 0 Å². The van der Waals surface area contributed by atoms with Gasteiger partial charge in [0.15, 0.2) is 0 Å². The number of thiophene rings is 1. The second-order valence-corrected chi connectivity index (χ2v) is 5.17. The predicted molar refractivity (Wildman–Crippen MR) is 66.3 cm³/mol. The molecular weight excluding hydrogens is 276 g/mol. The highest BCUT2D eigenvalue weighted by atomic mass is 32.2. The Bertz CT molecular complexity index is 594. The van der Waals surface area contributed by atoms with Gasteiger partial charge in [0.25, 0.3) is 5.69 Å². The Morgan fingerprint density at radius 2 is 2.28 bits per heavy atom. The Kier molecular flexibility index (Phi) is 3.58. The van der Waals surface area contributed by atoms with Crippen LogP contribution in [0.4, 0.5) is 5.69 Å². The minimum Gasteiger partial charge on any atom is -0.477 e. The van der Waals surface area contributed by atoms with Crippen LogP contribution in [0.15, 0.2) is 39.7 Å². The minimum absolute atomic E-state index is 0.0732. The molecule has 2 rings (SSSR count). The first-order valence-corrected chi connectivity index (χ1v) is 6.36. The average molecular weight is 282 g/mol. The lowest BCUT2D eigenvalue weighted by Gasteiger charge is -1.96. The van der Waals surface area contributed by atoms with Gasteiger partial charge in [0.2, 0.25) is 0 Å². The average Bonchev–Trinajstić information content (AvgIpc) is 2.78. The molecule has 2 aromatic heterocycles. The maximum absolute atomic E-state index is 10.7. The summed E-state index contributed by atoms with van der Waals surface area (Å²) in [4.78, 5) is 25.5. The van der Waals surface area contributed by atoms with Crippen molar-refractivity contribution in [2.75, 3.05) is 0 Å². The molecule has 8 heteroatoms. The molecule has 2 heterocycles. The van der Waals surface area contributed by atoms with Crippen LogP contribution in [0, 0.1) is 10.1 Å². The summed E-state index contributed by atoms with van der Waals surface area (Å²) >= 11 is 2.39. The van der Waals surface area contributed by atoms with Crippen molar-refractivity contribution in [3.8, 4) is 0 Å². The molecule has 2 aromatic rings. The molecule has 0 fully saturated rings. The van der Waals surface area contributed by atoms with E-state index in [0.717, 1.165) is 16.2 Å². The zero-order valence-electron chi connectivity index (χ0n) is 8.77. The van der Waals surface area contributed by atoms with Crippen molar-refractivity contribution < 1.29 is 14.8 Å². The second kappa shape index (κ2) is 5.15. The molecule has 0 bridgehead atoms. The van der Waals surface area contributed by atoms with E-state index in [1.54, 1.807) is 11.4 Å². The van der Waals surface area contributed by atoms with Gasteiger partial charge in [-0.15, -0.1) is 11.3 Å². The van der Waals surface area contributed by atoms with Gasteiger partial charge in [-0.1, -0.05) is 11.8 Å². The van der Waals surface area contributed by atoms with Crippen molar-refractivity contribution in [3.63, 3.8) is 0 Å². The summed E-state index contributed by atoms with van der Waals surface area (Å²) in [6.07, 6.45) is 1.17. The molecule has 0 aliphatic carbocycles. The topological polar surface area (TPSA) is 93.3 Å². The van der Waals surface area contributed by atoms with E-state index >= 15 is 0 Å². The lowest BCUT2D eigenvalue weighted by molar-refractivity contribution is -0.385. The first-order valence-electron chi connectivity index (χ1n) is 4.66. The normalized spacial score (nSPS) is 10.2. The molecule has 0 unspecified atom stereocenters. The lowest BCUT2D eigenvalue weighted by atomic mass is 10.4. The molecule has 0 spiro atoms. The summed E-state index contributed by atoms with van der Waals surface area (Å²) in [6, 6.07) is 4.43. The number of carboxylic acid groups (broad SMARTS) is 1. The van der Waals surface area contributed by atoms with Gasteiger partial charge in [-0.25, -0.2) is 9.78 Å². The lowest BCUT2D eigenvalue weighted by Crippen LogP contribution is -1.90. The molecule has 92 valence electrons. The summed E-state index contributed by atoms with van der Waals surface area (Å²) in [6.45, 7) is 0. The Balaban J connectivity index is 2.13. The van der Waals surface area contributed by atoms with Gasteiger partial charge in [-0.3, -0.25) is 10.1 Å². The highest BCUT2D eigenvalue weighted by Crippen LogP contribution is 2.30. The summed E-state index contributed by atoms with van der Waals surface area (Å²) in [7, 11) is 0. The number of aromatic nitrogens is 1. The number of carboxylic acids is 1. The first kappa shape index (κ1) is 12.5. The van der Waals surface area contributed by atoms with E-state index in [0.29, 0.717) is 5.03 Å². The highest BCUT2D eigenvalue weighted by Gasteiger charge is 2.10. The van der Waals surface area contributed by atoms with Gasteiger partial charge in [-0.05, 0) is 12.1 Å². The van der Waals surface area contributed by atoms with Gasteiger partial charge >= 0.3 is 5.97 Å². The Morgan fingerprint density at radius 3 is 2.78 bits per heavy atom. The molecule has 0 atom stereocenters. The van der Waals surface area contributed by atoms with E-state index < -0.39 is 10.9 Å². The van der Waals surface area contributed by atoms with Crippen LogP contribution >= 0.6 is 23.1 Å². The van der Waals surface area contributed by atoms with Crippen molar-refractivity contribution in [2.24, 2.45) is 0 Å². The number of nitrogens with zero attached hydrogens (tertiary/aromatic N) is 2. The van der Waals surface area contributed by atoms with E-state index in [-0.39, 0.29) is 10.6 Å². The van der Waals surface area contributed by atoms with E-state index in [4.69, 9.17) is 5.11 Å². The largest absolute Gasteiger partial charge is 0.477 e. The smallest absolute Gasteiger partial charge is 0.345 e. The fourth-order valence-corrected chi connectivity index (χ4v) is 2.82. The van der Waals surface area contributed by atoms with Crippen molar-refractivity contribution in [3.05, 3.63) is 44.8 Å². The quantitative estimate of drug-likeness (QED) is 0.684. The number of rotatable bonds is 4. The van der Waals surface area contributed by atoms with E-state index in [1.807, 2.05) is 0 Å². The number of hydrogen-bond acceptors (Lipinski definition) is 6. The fraction of sp³-hybridized carbons (Fsp3) is 0. The number of nitro groups is 1. The standard InChI is InChI=1S/C10H6N2O4S2/c13-10(14)8-3-7(5-17-8)18-9-2-1-6(4-11-9)12(15)16/h1-5H,(H,13,14). The molecular formula is C10H6N2O4S2. The first-order chi connectivity index (χ1) is 8.56. The Morgan fingerprint density at radius 1 is 1.50 bits per heavy atom. The molecule has 0 saturated carbocycles. The summed E-state index contributed by atoms with van der Waals surface area (Å²) in [5.41, 5.74) is -0.0732. The van der Waals surface area contributed by atoms with Gasteiger partial charge in [0.05, 0.1) is 4.92 Å². The van der Waals surface area contributed by atoms with Gasteiger partial charge in [0, 0.05) is 16.3 Å². The Labute approximate surface area is 109 Å². The van der Waals surface area contributed by atoms with Crippen molar-refractivity contribution >= 4 is 34.8 Å². The molecule has 18 heavy (non-hydrogen) atoms. The number of aromatic carboxylic acids is 1. The minimum atomic E-state index is -0.969. The molecule has 0 aliphatic heterocycles. The SMILES string of the molecule is O=C(O)c1cc(Sc2ccc([N+](=O)[O-])cn2)cs1. The second-order valence-electron chi connectivity index (χ2n) is 3.17. The van der Waals surface area contributed by atoms with Crippen LogP contribution < -0.4 is 0 Å². The van der Waals surface area contributed by atoms with Gasteiger partial charge in [0.1, 0.15) is 16.1 Å². The van der Waals surface area contributed by atoms with Gasteiger partial charge in [-0.2, -0.15) is 0 Å². The molecule has 0 saturated heterocycles. The highest BCUT2D eigenvalue weighted by molar-refractivity contribution is 7.99. The van der Waals surface area contributed by atoms with Crippen LogP contribution in [0.2, 0.25) is 0 Å². The summed E-state index contributed by atoms with van der Waals surface area (Å²) < 4.78 is 0. The molecule has 0 radical (unpaired) electrons. The zero-order valence-corrected chi connectivity index (χ0v) is 10.4. The molecule has 0 aromatic carbocycles. The van der Waals surface area contributed by atoms with Crippen LogP contribution in [0.3, 0.4) is 0 Å². The van der Waals surface area contributed by atoms with Crippen molar-refractivity contribution in [2.45, 2.75) is 9.92 Å². The van der Waals surface area contributed by atoms with E-state index in [2.05, 4.69) is 4.98 Å². The molecule has 1 N–H and O–H groups in total. The van der Waals surface area contributed by atoms with Crippen LogP contribution in [-0.4, -0.2) is 21.0 Å². The molecule has 0 amide bonds. The predicted octanol–water partition coefficient (Wildman–Crippen LogP) is 2.90. The third-order valence-corrected chi connectivity index (χ3v) is 3.93. The molecule has 6 nitrogen and oxygen atoms in total. The monoisotopic (exact) mass is 282 g/mol. The van der Waals surface area contributed by atoms with Crippen LogP contribution in [0.1, 0.15) is 9.67 Å². The third-order valence-electron chi connectivity index (χ3n) is 1.94. The maximum atomic E-state index is 10.7. The van der Waals surface area contributed by atoms with E-state index in [1.165, 1.54) is 30.1 Å². The maximum Gasteiger partial charge on any atom is 0.345 e. The number of carbonyl (C=O) groups is 1. The van der Waals surface area contributed by atoms with E-state index in [9.17, 15) is 14.9 Å².